The highest BCUT2D eigenvalue weighted by Crippen LogP contribution is 2.39. The van der Waals surface area contributed by atoms with Crippen molar-refractivity contribution in [1.29, 1.82) is 0 Å². The summed E-state index contributed by atoms with van der Waals surface area (Å²) in [6.45, 7) is 0. The predicted molar refractivity (Wildman–Crippen MR) is 137 cm³/mol. The molecule has 5 aromatic rings. The average Bonchev–Trinajstić information content (AvgIpc) is 3.30. The molecule has 0 bridgehead atoms. The van der Waals surface area contributed by atoms with Crippen LogP contribution in [0.3, 0.4) is 0 Å². The van der Waals surface area contributed by atoms with Crippen LogP contribution in [0.5, 0.6) is 11.6 Å². The summed E-state index contributed by atoms with van der Waals surface area (Å²) in [6, 6.07) is 16.1. The van der Waals surface area contributed by atoms with E-state index in [1.807, 2.05) is 18.2 Å². The summed E-state index contributed by atoms with van der Waals surface area (Å²) in [6.07, 6.45) is 4.11. The van der Waals surface area contributed by atoms with Crippen LogP contribution in [0.1, 0.15) is 31.7 Å². The number of carbonyl (C=O) groups is 1. The number of nitrogens with two attached hydrogens (primary N) is 2. The Hall–Kier alpha value is -4.60. The van der Waals surface area contributed by atoms with Crippen LogP contribution < -0.4 is 16.2 Å². The molecule has 2 aromatic carbocycles. The first-order chi connectivity index (χ1) is 18.0. The van der Waals surface area contributed by atoms with E-state index in [0.717, 1.165) is 0 Å². The molecule has 0 unspecified atom stereocenters. The number of rotatable bonds is 5. The van der Waals surface area contributed by atoms with Gasteiger partial charge in [0.1, 0.15) is 29.1 Å². The van der Waals surface area contributed by atoms with Gasteiger partial charge in [-0.3, -0.25) is 4.79 Å². The van der Waals surface area contributed by atoms with Crippen molar-refractivity contribution in [2.75, 3.05) is 5.73 Å². The third-order valence-corrected chi connectivity index (χ3v) is 6.96. The molecule has 0 saturated heterocycles. The molecule has 3 aromatic heterocycles. The molecule has 9 nitrogen and oxygen atoms in total. The van der Waals surface area contributed by atoms with Gasteiger partial charge < -0.3 is 16.2 Å². The maximum absolute atomic E-state index is 16.0. The fourth-order valence-electron chi connectivity index (χ4n) is 5.03. The Bertz CT molecular complexity index is 1630. The molecule has 10 heteroatoms. The molecule has 4 N–H and O–H groups in total. The van der Waals surface area contributed by atoms with Gasteiger partial charge in [-0.15, -0.1) is 0 Å². The standard InChI is InChI=1S/C27H24FN7O2/c28-22-19(12-8-15-9-13-20(33-23(15)22)37-18-4-2-1-3-5-18)24-21-25(29)31-14-32-27(21)35(34-24)17-10-6-16(7-11-17)26(30)36/h1-5,8-9,12-14,16-17H,6-7,10-11H2,(H2,30,36)(H2,29,31,32). The number of anilines is 1. The van der Waals surface area contributed by atoms with Crippen LogP contribution in [-0.2, 0) is 4.79 Å². The first kappa shape index (κ1) is 22.8. The molecule has 0 radical (unpaired) electrons. The monoisotopic (exact) mass is 497 g/mol. The summed E-state index contributed by atoms with van der Waals surface area (Å²) in [4.78, 5) is 24.6. The van der Waals surface area contributed by atoms with Gasteiger partial charge in [0.25, 0.3) is 0 Å². The number of nitrogens with zero attached hydrogens (tertiary/aromatic N) is 5. The summed E-state index contributed by atoms with van der Waals surface area (Å²) in [5.41, 5.74) is 13.0. The van der Waals surface area contributed by atoms with E-state index in [2.05, 4.69) is 15.0 Å². The van der Waals surface area contributed by atoms with Crippen LogP contribution in [0.2, 0.25) is 0 Å². The SMILES string of the molecule is NC(=O)C1CCC(n2nc(-c3ccc4ccc(Oc5ccccc5)nc4c3F)c3c(N)ncnc32)CC1. The fourth-order valence-corrected chi connectivity index (χ4v) is 5.03. The molecule has 3 heterocycles. The normalized spacial score (nSPS) is 17.8. The number of aromatic nitrogens is 5. The van der Waals surface area contributed by atoms with Crippen molar-refractivity contribution >= 4 is 33.7 Å². The Morgan fingerprint density at radius 1 is 1.00 bits per heavy atom. The van der Waals surface area contributed by atoms with Gasteiger partial charge in [0, 0.05) is 22.9 Å². The lowest BCUT2D eigenvalue weighted by Crippen LogP contribution is -2.28. The van der Waals surface area contributed by atoms with Crippen LogP contribution in [-0.4, -0.2) is 30.6 Å². The second-order valence-corrected chi connectivity index (χ2v) is 9.22. The van der Waals surface area contributed by atoms with Crippen molar-refractivity contribution in [3.8, 4) is 22.9 Å². The number of amides is 1. The van der Waals surface area contributed by atoms with Crippen molar-refractivity contribution in [2.45, 2.75) is 31.7 Å². The average molecular weight is 498 g/mol. The number of hydrogen-bond acceptors (Lipinski definition) is 7. The molecule has 1 aliphatic carbocycles. The largest absolute Gasteiger partial charge is 0.439 e. The lowest BCUT2D eigenvalue weighted by molar-refractivity contribution is -0.122. The van der Waals surface area contributed by atoms with Gasteiger partial charge in [-0.25, -0.2) is 24.0 Å². The number of benzene rings is 2. The molecule has 37 heavy (non-hydrogen) atoms. The summed E-state index contributed by atoms with van der Waals surface area (Å²) in [5, 5.41) is 5.90. The van der Waals surface area contributed by atoms with E-state index in [0.29, 0.717) is 53.5 Å². The summed E-state index contributed by atoms with van der Waals surface area (Å²) >= 11 is 0. The number of nitrogen functional groups attached to an aromatic ring is 1. The van der Waals surface area contributed by atoms with Gasteiger partial charge in [-0.1, -0.05) is 24.3 Å². The van der Waals surface area contributed by atoms with Gasteiger partial charge in [-0.05, 0) is 49.9 Å². The minimum Gasteiger partial charge on any atom is -0.439 e. The van der Waals surface area contributed by atoms with Gasteiger partial charge >= 0.3 is 0 Å². The van der Waals surface area contributed by atoms with E-state index in [1.165, 1.54) is 6.33 Å². The van der Waals surface area contributed by atoms with Crippen molar-refractivity contribution in [2.24, 2.45) is 11.7 Å². The number of primary amides is 1. The van der Waals surface area contributed by atoms with E-state index in [9.17, 15) is 4.79 Å². The molecule has 1 aliphatic rings. The van der Waals surface area contributed by atoms with Gasteiger partial charge in [0.05, 0.1) is 11.4 Å². The predicted octanol–water partition coefficient (Wildman–Crippen LogP) is 4.77. The first-order valence-corrected chi connectivity index (χ1v) is 12.1. The van der Waals surface area contributed by atoms with Gasteiger partial charge in [-0.2, -0.15) is 5.10 Å². The minimum atomic E-state index is -0.539. The highest BCUT2D eigenvalue weighted by molar-refractivity contribution is 6.00. The van der Waals surface area contributed by atoms with Gasteiger partial charge in [0.15, 0.2) is 11.5 Å². The van der Waals surface area contributed by atoms with Crippen molar-refractivity contribution in [3.05, 3.63) is 66.7 Å². The smallest absolute Gasteiger partial charge is 0.220 e. The zero-order valence-corrected chi connectivity index (χ0v) is 19.8. The molecule has 186 valence electrons. The quantitative estimate of drug-likeness (QED) is 0.357. The number of ether oxygens (including phenoxy) is 1. The lowest BCUT2D eigenvalue weighted by Gasteiger charge is -2.27. The topological polar surface area (TPSA) is 135 Å². The summed E-state index contributed by atoms with van der Waals surface area (Å²) < 4.78 is 23.6. The summed E-state index contributed by atoms with van der Waals surface area (Å²) in [7, 11) is 0. The van der Waals surface area contributed by atoms with Crippen molar-refractivity contribution in [3.63, 3.8) is 0 Å². The summed E-state index contributed by atoms with van der Waals surface area (Å²) in [5.74, 6) is 0.130. The van der Waals surface area contributed by atoms with Crippen LogP contribution in [0.25, 0.3) is 33.2 Å². The van der Waals surface area contributed by atoms with E-state index in [1.54, 1.807) is 41.1 Å². The number of para-hydroxylation sites is 1. The Morgan fingerprint density at radius 2 is 1.76 bits per heavy atom. The zero-order valence-electron chi connectivity index (χ0n) is 19.8. The van der Waals surface area contributed by atoms with E-state index in [-0.39, 0.29) is 40.6 Å². The highest BCUT2D eigenvalue weighted by atomic mass is 19.1. The molecular formula is C27H24FN7O2. The molecule has 1 saturated carbocycles. The van der Waals surface area contributed by atoms with Crippen LogP contribution in [0, 0.1) is 11.7 Å². The van der Waals surface area contributed by atoms with Crippen LogP contribution in [0.15, 0.2) is 60.9 Å². The van der Waals surface area contributed by atoms with Crippen LogP contribution >= 0.6 is 0 Å². The number of hydrogen-bond donors (Lipinski definition) is 2. The minimum absolute atomic E-state index is 0.0198. The Kier molecular flexibility index (Phi) is 5.63. The Balaban J connectivity index is 1.44. The number of halogens is 1. The molecular weight excluding hydrogens is 473 g/mol. The lowest BCUT2D eigenvalue weighted by atomic mass is 9.86. The molecule has 6 rings (SSSR count). The van der Waals surface area contributed by atoms with E-state index < -0.39 is 5.82 Å². The Labute approximate surface area is 211 Å². The van der Waals surface area contributed by atoms with E-state index >= 15 is 4.39 Å². The van der Waals surface area contributed by atoms with Gasteiger partial charge in [0.2, 0.25) is 11.8 Å². The number of carbonyl (C=O) groups excluding carboxylic acids is 1. The Morgan fingerprint density at radius 3 is 2.51 bits per heavy atom. The zero-order chi connectivity index (χ0) is 25.5. The second kappa shape index (κ2) is 9.12. The van der Waals surface area contributed by atoms with Crippen molar-refractivity contribution in [1.82, 2.24) is 24.7 Å². The van der Waals surface area contributed by atoms with E-state index in [4.69, 9.17) is 21.3 Å². The third-order valence-electron chi connectivity index (χ3n) is 6.96. The maximum Gasteiger partial charge on any atom is 0.220 e. The molecule has 1 fully saturated rings. The molecule has 0 aliphatic heterocycles. The second-order valence-electron chi connectivity index (χ2n) is 9.22. The third kappa shape index (κ3) is 4.10. The fraction of sp³-hybridized carbons (Fsp3) is 0.222. The van der Waals surface area contributed by atoms with Crippen LogP contribution in [0.4, 0.5) is 10.2 Å². The van der Waals surface area contributed by atoms with Crippen molar-refractivity contribution < 1.29 is 13.9 Å². The first-order valence-electron chi connectivity index (χ1n) is 12.1. The number of pyridine rings is 1. The maximum atomic E-state index is 16.0. The molecule has 0 spiro atoms. The number of fused-ring (bicyclic) bond motifs is 2. The highest BCUT2D eigenvalue weighted by Gasteiger charge is 2.29. The molecule has 0 atom stereocenters. The molecule has 1 amide bonds.